The smallest absolute Gasteiger partial charge is 0.240 e. The van der Waals surface area contributed by atoms with Gasteiger partial charge in [-0.1, -0.05) is 12.1 Å². The van der Waals surface area contributed by atoms with E-state index in [1.807, 2.05) is 38.1 Å². The van der Waals surface area contributed by atoms with Crippen LogP contribution in [0.15, 0.2) is 53.4 Å². The third-order valence-corrected chi connectivity index (χ3v) is 6.11. The molecule has 8 nitrogen and oxygen atoms in total. The maximum absolute atomic E-state index is 12.7. The highest BCUT2D eigenvalue weighted by molar-refractivity contribution is 7.90. The number of H-pyrrole nitrogens is 1. The highest BCUT2D eigenvalue weighted by atomic mass is 32.2. The number of nitrogens with zero attached hydrogens (tertiary/aromatic N) is 2. The number of amides is 1. The number of aromatic nitrogens is 3. The molecule has 3 aromatic rings. The van der Waals surface area contributed by atoms with E-state index in [-0.39, 0.29) is 23.4 Å². The first-order chi connectivity index (χ1) is 14.7. The summed E-state index contributed by atoms with van der Waals surface area (Å²) in [7, 11) is -3.27. The molecule has 0 aliphatic carbocycles. The summed E-state index contributed by atoms with van der Waals surface area (Å²) in [6.45, 7) is 4.31. The Balaban J connectivity index is 1.72. The van der Waals surface area contributed by atoms with Crippen LogP contribution in [0.3, 0.4) is 0 Å². The molecule has 164 valence electrons. The number of hydrogen-bond acceptors (Lipinski definition) is 6. The highest BCUT2D eigenvalue weighted by Crippen LogP contribution is 2.21. The SMILES string of the molecule is CCOc1ccc(-c2n[nH]c(=S)n2CC(=O)NC(C)c2ccc(S(C)(=O)=O)cc2)cc1. The van der Waals surface area contributed by atoms with Crippen molar-refractivity contribution in [3.8, 4) is 17.1 Å². The summed E-state index contributed by atoms with van der Waals surface area (Å²) in [5, 5.41) is 9.89. The molecule has 31 heavy (non-hydrogen) atoms. The fraction of sp³-hybridized carbons (Fsp3) is 0.286. The number of carbonyl (C=O) groups excluding carboxylic acids is 1. The topological polar surface area (TPSA) is 106 Å². The molecule has 0 bridgehead atoms. The van der Waals surface area contributed by atoms with Crippen LogP contribution in [0.25, 0.3) is 11.4 Å². The van der Waals surface area contributed by atoms with Gasteiger partial charge in [0.05, 0.1) is 17.5 Å². The summed E-state index contributed by atoms with van der Waals surface area (Å²) < 4.78 is 30.6. The van der Waals surface area contributed by atoms with Crippen LogP contribution in [0.4, 0.5) is 0 Å². The second-order valence-electron chi connectivity index (χ2n) is 7.03. The quantitative estimate of drug-likeness (QED) is 0.500. The molecular weight excluding hydrogens is 436 g/mol. The molecule has 0 aliphatic rings. The molecular formula is C21H24N4O4S2. The number of rotatable bonds is 8. The first-order valence-corrected chi connectivity index (χ1v) is 12.0. The normalized spacial score (nSPS) is 12.4. The summed E-state index contributed by atoms with van der Waals surface area (Å²) in [5.74, 6) is 1.05. The van der Waals surface area contributed by atoms with Crippen LogP contribution in [0.1, 0.15) is 25.5 Å². The Labute approximate surface area is 186 Å². The van der Waals surface area contributed by atoms with Crippen LogP contribution in [-0.4, -0.2) is 42.0 Å². The molecule has 10 heteroatoms. The van der Waals surface area contributed by atoms with E-state index in [1.165, 1.54) is 12.1 Å². The Morgan fingerprint density at radius 1 is 1.19 bits per heavy atom. The fourth-order valence-electron chi connectivity index (χ4n) is 3.07. The molecule has 1 unspecified atom stereocenters. The summed E-state index contributed by atoms with van der Waals surface area (Å²) >= 11 is 5.30. The van der Waals surface area contributed by atoms with E-state index in [0.717, 1.165) is 23.1 Å². The number of benzene rings is 2. The molecule has 0 spiro atoms. The van der Waals surface area contributed by atoms with Gasteiger partial charge in [0.15, 0.2) is 20.4 Å². The molecule has 0 saturated heterocycles. The van der Waals surface area contributed by atoms with Crippen LogP contribution in [0.5, 0.6) is 5.75 Å². The van der Waals surface area contributed by atoms with Crippen LogP contribution in [-0.2, 0) is 21.2 Å². The molecule has 0 aliphatic heterocycles. The summed E-state index contributed by atoms with van der Waals surface area (Å²) in [6.07, 6.45) is 1.16. The minimum Gasteiger partial charge on any atom is -0.494 e. The fourth-order valence-corrected chi connectivity index (χ4v) is 3.90. The lowest BCUT2D eigenvalue weighted by Crippen LogP contribution is -2.30. The molecule has 3 rings (SSSR count). The van der Waals surface area contributed by atoms with Gasteiger partial charge in [0.25, 0.3) is 0 Å². The third kappa shape index (κ3) is 5.59. The molecule has 2 N–H and O–H groups in total. The van der Waals surface area contributed by atoms with Crippen molar-refractivity contribution in [3.05, 3.63) is 58.9 Å². The Hall–Kier alpha value is -2.98. The van der Waals surface area contributed by atoms with E-state index in [1.54, 1.807) is 16.7 Å². The van der Waals surface area contributed by atoms with Gasteiger partial charge in [0.2, 0.25) is 5.91 Å². The van der Waals surface area contributed by atoms with Crippen molar-refractivity contribution in [3.63, 3.8) is 0 Å². The van der Waals surface area contributed by atoms with Gasteiger partial charge < -0.3 is 10.1 Å². The predicted molar refractivity (Wildman–Crippen MR) is 120 cm³/mol. The Morgan fingerprint density at radius 2 is 1.84 bits per heavy atom. The standard InChI is InChI=1S/C21H24N4O4S2/c1-4-29-17-9-5-16(6-10-17)20-23-24-21(30)25(20)13-19(26)22-14(2)15-7-11-18(12-8-15)31(3,27)28/h5-12,14H,4,13H2,1-3H3,(H,22,26)(H,24,30). The van der Waals surface area contributed by atoms with Crippen molar-refractivity contribution in [2.45, 2.75) is 31.3 Å². The largest absolute Gasteiger partial charge is 0.494 e. The van der Waals surface area contributed by atoms with Gasteiger partial charge in [-0.2, -0.15) is 5.10 Å². The monoisotopic (exact) mass is 460 g/mol. The van der Waals surface area contributed by atoms with Crippen molar-refractivity contribution in [2.24, 2.45) is 0 Å². The van der Waals surface area contributed by atoms with E-state index in [9.17, 15) is 13.2 Å². The van der Waals surface area contributed by atoms with Gasteiger partial charge >= 0.3 is 0 Å². The molecule has 0 saturated carbocycles. The molecule has 0 radical (unpaired) electrons. The molecule has 0 fully saturated rings. The van der Waals surface area contributed by atoms with Gasteiger partial charge in [-0.3, -0.25) is 14.5 Å². The van der Waals surface area contributed by atoms with E-state index in [0.29, 0.717) is 17.2 Å². The molecule has 2 aromatic carbocycles. The first-order valence-electron chi connectivity index (χ1n) is 9.67. The van der Waals surface area contributed by atoms with Crippen LogP contribution >= 0.6 is 12.2 Å². The van der Waals surface area contributed by atoms with Crippen molar-refractivity contribution >= 4 is 28.0 Å². The van der Waals surface area contributed by atoms with Crippen LogP contribution < -0.4 is 10.1 Å². The molecule has 1 atom stereocenters. The van der Waals surface area contributed by atoms with E-state index in [4.69, 9.17) is 17.0 Å². The van der Waals surface area contributed by atoms with Gasteiger partial charge in [-0.15, -0.1) is 0 Å². The van der Waals surface area contributed by atoms with Gasteiger partial charge in [0.1, 0.15) is 12.3 Å². The Kier molecular flexibility index (Phi) is 6.91. The lowest BCUT2D eigenvalue weighted by Gasteiger charge is -2.15. The van der Waals surface area contributed by atoms with Crippen molar-refractivity contribution in [2.75, 3.05) is 12.9 Å². The Morgan fingerprint density at radius 3 is 2.42 bits per heavy atom. The summed E-state index contributed by atoms with van der Waals surface area (Å²) in [4.78, 5) is 12.9. The predicted octanol–water partition coefficient (Wildman–Crippen LogP) is 3.29. The Bertz CT molecular complexity index is 1210. The number of carbonyl (C=O) groups is 1. The average molecular weight is 461 g/mol. The maximum atomic E-state index is 12.7. The molecule has 1 heterocycles. The third-order valence-electron chi connectivity index (χ3n) is 4.67. The minimum absolute atomic E-state index is 0.0103. The van der Waals surface area contributed by atoms with Crippen LogP contribution in [0, 0.1) is 4.77 Å². The number of aromatic amines is 1. The van der Waals surface area contributed by atoms with E-state index < -0.39 is 9.84 Å². The van der Waals surface area contributed by atoms with Gasteiger partial charge in [-0.05, 0) is 68.0 Å². The molecule has 1 amide bonds. The zero-order valence-corrected chi connectivity index (χ0v) is 19.1. The van der Waals surface area contributed by atoms with Gasteiger partial charge in [0, 0.05) is 11.8 Å². The summed E-state index contributed by atoms with van der Waals surface area (Å²) in [6, 6.07) is 13.5. The zero-order chi connectivity index (χ0) is 22.6. The van der Waals surface area contributed by atoms with Crippen molar-refractivity contribution in [1.82, 2.24) is 20.1 Å². The number of nitrogens with one attached hydrogen (secondary N) is 2. The maximum Gasteiger partial charge on any atom is 0.240 e. The van der Waals surface area contributed by atoms with E-state index in [2.05, 4.69) is 15.5 Å². The minimum atomic E-state index is -3.27. The summed E-state index contributed by atoms with van der Waals surface area (Å²) in [5.41, 5.74) is 1.59. The average Bonchev–Trinajstić information content (AvgIpc) is 3.08. The number of ether oxygens (including phenoxy) is 1. The van der Waals surface area contributed by atoms with Crippen LogP contribution in [0.2, 0.25) is 0 Å². The lowest BCUT2D eigenvalue weighted by atomic mass is 10.1. The first kappa shape index (κ1) is 22.7. The lowest BCUT2D eigenvalue weighted by molar-refractivity contribution is -0.122. The van der Waals surface area contributed by atoms with Crippen molar-refractivity contribution < 1.29 is 17.9 Å². The number of hydrogen-bond donors (Lipinski definition) is 2. The number of sulfone groups is 1. The zero-order valence-electron chi connectivity index (χ0n) is 17.5. The second kappa shape index (κ2) is 9.44. The highest BCUT2D eigenvalue weighted by Gasteiger charge is 2.16. The van der Waals surface area contributed by atoms with E-state index >= 15 is 0 Å². The van der Waals surface area contributed by atoms with Gasteiger partial charge in [-0.25, -0.2) is 8.42 Å². The van der Waals surface area contributed by atoms with Crippen molar-refractivity contribution in [1.29, 1.82) is 0 Å². The second-order valence-corrected chi connectivity index (χ2v) is 9.43. The molecule has 1 aromatic heterocycles.